The van der Waals surface area contributed by atoms with E-state index in [-0.39, 0.29) is 0 Å². The molecular formula is C16H13NS. The fourth-order valence-corrected chi connectivity index (χ4v) is 2.97. The third kappa shape index (κ3) is 2.49. The van der Waals surface area contributed by atoms with E-state index in [0.717, 1.165) is 6.42 Å². The molecule has 0 saturated carbocycles. The van der Waals surface area contributed by atoms with Crippen molar-refractivity contribution >= 4 is 11.3 Å². The van der Waals surface area contributed by atoms with E-state index in [1.807, 2.05) is 29.8 Å². The largest absolute Gasteiger partial charge is 0.264 e. The van der Waals surface area contributed by atoms with Crippen LogP contribution in [0.5, 0.6) is 0 Å². The van der Waals surface area contributed by atoms with Crippen molar-refractivity contribution in [2.75, 3.05) is 0 Å². The van der Waals surface area contributed by atoms with Gasteiger partial charge in [0.2, 0.25) is 0 Å². The van der Waals surface area contributed by atoms with E-state index in [2.05, 4.69) is 53.5 Å². The van der Waals surface area contributed by atoms with Crippen LogP contribution in [-0.2, 0) is 6.42 Å². The molecule has 0 atom stereocenters. The normalized spacial score (nSPS) is 10.4. The van der Waals surface area contributed by atoms with Crippen LogP contribution in [0.2, 0.25) is 0 Å². The van der Waals surface area contributed by atoms with Gasteiger partial charge in [0.1, 0.15) is 0 Å². The van der Waals surface area contributed by atoms with Gasteiger partial charge in [-0.3, -0.25) is 4.98 Å². The van der Waals surface area contributed by atoms with Gasteiger partial charge in [-0.15, -0.1) is 11.3 Å². The summed E-state index contributed by atoms with van der Waals surface area (Å²) in [5.41, 5.74) is 2.55. The Morgan fingerprint density at radius 1 is 0.889 bits per heavy atom. The highest BCUT2D eigenvalue weighted by atomic mass is 32.1. The maximum atomic E-state index is 4.16. The third-order valence-electron chi connectivity index (χ3n) is 2.83. The lowest BCUT2D eigenvalue weighted by atomic mass is 10.1. The molecule has 0 saturated heterocycles. The van der Waals surface area contributed by atoms with Crippen molar-refractivity contribution in [1.29, 1.82) is 0 Å². The molecule has 1 nitrogen and oxygen atoms in total. The zero-order valence-electron chi connectivity index (χ0n) is 9.91. The molecule has 0 amide bonds. The summed E-state index contributed by atoms with van der Waals surface area (Å²) in [6.45, 7) is 0. The SMILES string of the molecule is c1ccc(Cc2ccc(-c3cccnc3)s2)cc1. The summed E-state index contributed by atoms with van der Waals surface area (Å²) in [5.74, 6) is 0. The minimum atomic E-state index is 1.01. The van der Waals surface area contributed by atoms with E-state index < -0.39 is 0 Å². The van der Waals surface area contributed by atoms with Crippen molar-refractivity contribution in [3.05, 3.63) is 77.4 Å². The Bertz CT molecular complexity index is 614. The standard InChI is InChI=1S/C16H13NS/c1-2-5-13(6-3-1)11-15-8-9-16(18-15)14-7-4-10-17-12-14/h1-10,12H,11H2. The average molecular weight is 251 g/mol. The molecule has 0 aliphatic heterocycles. The molecule has 2 heterocycles. The first-order valence-corrected chi connectivity index (χ1v) is 6.76. The van der Waals surface area contributed by atoms with Crippen LogP contribution in [0.15, 0.2) is 67.0 Å². The van der Waals surface area contributed by atoms with Crippen LogP contribution in [-0.4, -0.2) is 4.98 Å². The predicted octanol–water partition coefficient (Wildman–Crippen LogP) is 4.40. The first kappa shape index (κ1) is 11.2. The molecule has 18 heavy (non-hydrogen) atoms. The number of aromatic nitrogens is 1. The summed E-state index contributed by atoms with van der Waals surface area (Å²) in [6.07, 6.45) is 4.73. The van der Waals surface area contributed by atoms with Crippen molar-refractivity contribution < 1.29 is 0 Å². The van der Waals surface area contributed by atoms with Gasteiger partial charge in [-0.1, -0.05) is 36.4 Å². The number of nitrogens with zero attached hydrogens (tertiary/aromatic N) is 1. The van der Waals surface area contributed by atoms with Gasteiger partial charge >= 0.3 is 0 Å². The second-order valence-electron chi connectivity index (χ2n) is 4.17. The van der Waals surface area contributed by atoms with Gasteiger partial charge in [-0.25, -0.2) is 0 Å². The van der Waals surface area contributed by atoms with Gasteiger partial charge in [0.25, 0.3) is 0 Å². The number of benzene rings is 1. The maximum Gasteiger partial charge on any atom is 0.0361 e. The highest BCUT2D eigenvalue weighted by molar-refractivity contribution is 7.15. The van der Waals surface area contributed by atoms with E-state index in [4.69, 9.17) is 0 Å². The average Bonchev–Trinajstić information content (AvgIpc) is 2.89. The first-order valence-electron chi connectivity index (χ1n) is 5.95. The van der Waals surface area contributed by atoms with Crippen molar-refractivity contribution in [2.45, 2.75) is 6.42 Å². The summed E-state index contributed by atoms with van der Waals surface area (Å²) in [7, 11) is 0. The highest BCUT2D eigenvalue weighted by Crippen LogP contribution is 2.28. The number of rotatable bonds is 3. The Morgan fingerprint density at radius 2 is 1.78 bits per heavy atom. The molecule has 0 spiro atoms. The quantitative estimate of drug-likeness (QED) is 0.672. The first-order chi connectivity index (χ1) is 8.92. The zero-order valence-corrected chi connectivity index (χ0v) is 10.7. The second-order valence-corrected chi connectivity index (χ2v) is 5.34. The number of hydrogen-bond acceptors (Lipinski definition) is 2. The Kier molecular flexibility index (Phi) is 3.20. The van der Waals surface area contributed by atoms with Crippen LogP contribution in [0.25, 0.3) is 10.4 Å². The molecule has 1 aromatic carbocycles. The molecule has 0 aliphatic carbocycles. The van der Waals surface area contributed by atoms with Gasteiger partial charge in [-0.05, 0) is 23.8 Å². The van der Waals surface area contributed by atoms with Crippen molar-refractivity contribution in [1.82, 2.24) is 4.98 Å². The number of thiophene rings is 1. The summed E-state index contributed by atoms with van der Waals surface area (Å²) >= 11 is 1.84. The van der Waals surface area contributed by atoms with Crippen LogP contribution in [0.3, 0.4) is 0 Å². The molecular weight excluding hydrogens is 238 g/mol. The van der Waals surface area contributed by atoms with Gasteiger partial charge in [-0.2, -0.15) is 0 Å². The lowest BCUT2D eigenvalue weighted by Crippen LogP contribution is -1.81. The third-order valence-corrected chi connectivity index (χ3v) is 3.96. The molecule has 2 aromatic heterocycles. The van der Waals surface area contributed by atoms with E-state index >= 15 is 0 Å². The summed E-state index contributed by atoms with van der Waals surface area (Å²) in [6, 6.07) is 19.0. The van der Waals surface area contributed by atoms with E-state index in [0.29, 0.717) is 0 Å². The predicted molar refractivity (Wildman–Crippen MR) is 76.8 cm³/mol. The number of pyridine rings is 1. The Labute approximate surface area is 111 Å². The van der Waals surface area contributed by atoms with Crippen LogP contribution in [0, 0.1) is 0 Å². The fraction of sp³-hybridized carbons (Fsp3) is 0.0625. The molecule has 3 aromatic rings. The Morgan fingerprint density at radius 3 is 2.56 bits per heavy atom. The minimum Gasteiger partial charge on any atom is -0.264 e. The van der Waals surface area contributed by atoms with Crippen LogP contribution >= 0.6 is 11.3 Å². The Balaban J connectivity index is 1.82. The molecule has 2 heteroatoms. The molecule has 0 aliphatic rings. The molecule has 0 bridgehead atoms. The maximum absolute atomic E-state index is 4.16. The zero-order chi connectivity index (χ0) is 12.2. The summed E-state index contributed by atoms with van der Waals surface area (Å²) < 4.78 is 0. The highest BCUT2D eigenvalue weighted by Gasteiger charge is 2.03. The fourth-order valence-electron chi connectivity index (χ4n) is 1.93. The molecule has 0 N–H and O–H groups in total. The van der Waals surface area contributed by atoms with Gasteiger partial charge < -0.3 is 0 Å². The molecule has 3 rings (SSSR count). The van der Waals surface area contributed by atoms with Crippen LogP contribution in [0.4, 0.5) is 0 Å². The van der Waals surface area contributed by atoms with Crippen molar-refractivity contribution in [3.8, 4) is 10.4 Å². The lowest BCUT2D eigenvalue weighted by molar-refractivity contribution is 1.24. The summed E-state index contributed by atoms with van der Waals surface area (Å²) in [5, 5.41) is 0. The van der Waals surface area contributed by atoms with Crippen molar-refractivity contribution in [3.63, 3.8) is 0 Å². The number of hydrogen-bond donors (Lipinski definition) is 0. The monoisotopic (exact) mass is 251 g/mol. The van der Waals surface area contributed by atoms with Gasteiger partial charge in [0, 0.05) is 34.1 Å². The molecule has 0 unspecified atom stereocenters. The molecule has 88 valence electrons. The molecule has 0 radical (unpaired) electrons. The smallest absolute Gasteiger partial charge is 0.0361 e. The molecule has 0 fully saturated rings. The second kappa shape index (κ2) is 5.15. The Hall–Kier alpha value is -1.93. The lowest BCUT2D eigenvalue weighted by Gasteiger charge is -1.97. The topological polar surface area (TPSA) is 12.9 Å². The van der Waals surface area contributed by atoms with E-state index in [9.17, 15) is 0 Å². The van der Waals surface area contributed by atoms with Gasteiger partial charge in [0.05, 0.1) is 0 Å². The summed E-state index contributed by atoms with van der Waals surface area (Å²) in [4.78, 5) is 6.84. The van der Waals surface area contributed by atoms with E-state index in [1.54, 1.807) is 0 Å². The van der Waals surface area contributed by atoms with E-state index in [1.165, 1.54) is 20.9 Å². The van der Waals surface area contributed by atoms with Crippen LogP contribution in [0.1, 0.15) is 10.4 Å². The van der Waals surface area contributed by atoms with Crippen molar-refractivity contribution in [2.24, 2.45) is 0 Å². The van der Waals surface area contributed by atoms with Gasteiger partial charge in [0.15, 0.2) is 0 Å². The minimum absolute atomic E-state index is 1.01. The van der Waals surface area contributed by atoms with Crippen LogP contribution < -0.4 is 0 Å².